The first-order valence-corrected chi connectivity index (χ1v) is 12.1. The molecule has 9 nitrogen and oxygen atoms in total. The number of benzene rings is 1. The fourth-order valence-electron chi connectivity index (χ4n) is 3.82. The van der Waals surface area contributed by atoms with Crippen LogP contribution in [-0.4, -0.2) is 41.9 Å². The number of nitrogens with zero attached hydrogens (tertiary/aromatic N) is 3. The van der Waals surface area contributed by atoms with E-state index in [-0.39, 0.29) is 29.7 Å². The van der Waals surface area contributed by atoms with Crippen molar-refractivity contribution in [3.8, 4) is 11.6 Å². The Labute approximate surface area is 186 Å². The maximum Gasteiger partial charge on any atom is 0.243 e. The van der Waals surface area contributed by atoms with Gasteiger partial charge in [0.1, 0.15) is 0 Å². The summed E-state index contributed by atoms with van der Waals surface area (Å²) in [7, 11) is -1.91. The van der Waals surface area contributed by atoms with E-state index >= 15 is 0 Å². The van der Waals surface area contributed by atoms with Gasteiger partial charge in [0.2, 0.25) is 27.6 Å². The van der Waals surface area contributed by atoms with Gasteiger partial charge in [-0.05, 0) is 49.2 Å². The molecule has 1 aromatic carbocycles. The molecule has 32 heavy (non-hydrogen) atoms. The molecule has 10 heteroatoms. The summed E-state index contributed by atoms with van der Waals surface area (Å²) in [5, 5.41) is 6.59. The Balaban J connectivity index is 1.31. The van der Waals surface area contributed by atoms with Crippen molar-refractivity contribution < 1.29 is 22.2 Å². The van der Waals surface area contributed by atoms with Crippen molar-refractivity contribution in [2.45, 2.75) is 55.9 Å². The van der Waals surface area contributed by atoms with Gasteiger partial charge in [-0.15, -0.1) is 0 Å². The second-order valence-electron chi connectivity index (χ2n) is 7.87. The number of carbonyl (C=O) groups excluding carboxylic acids is 1. The summed E-state index contributed by atoms with van der Waals surface area (Å²) in [6, 6.07) is 9.74. The van der Waals surface area contributed by atoms with Crippen LogP contribution in [0.1, 0.15) is 44.4 Å². The van der Waals surface area contributed by atoms with Gasteiger partial charge < -0.3 is 14.3 Å². The molecule has 0 radical (unpaired) electrons. The number of hydrogen-bond donors (Lipinski definition) is 1. The molecule has 1 N–H and O–H groups in total. The molecule has 0 spiro atoms. The third kappa shape index (κ3) is 5.08. The zero-order chi connectivity index (χ0) is 22.6. The maximum absolute atomic E-state index is 12.9. The lowest BCUT2D eigenvalue weighted by molar-refractivity contribution is -0.116. The standard InChI is InChI=1S/C22H26N4O5S/c1-26(17-6-3-2-4-7-17)32(28,29)18-11-9-16(10-12-18)23-20(27)13-14-21-24-22(25-31-21)19-8-5-15-30-19/h5,8-12,15,17H,2-4,6-7,13-14H2,1H3,(H,23,27). The van der Waals surface area contributed by atoms with Crippen LogP contribution in [0.25, 0.3) is 11.6 Å². The maximum atomic E-state index is 12.9. The van der Waals surface area contributed by atoms with Crippen LogP contribution >= 0.6 is 0 Å². The number of sulfonamides is 1. The van der Waals surface area contributed by atoms with Gasteiger partial charge >= 0.3 is 0 Å². The first-order valence-electron chi connectivity index (χ1n) is 10.7. The van der Waals surface area contributed by atoms with Crippen LogP contribution < -0.4 is 5.32 Å². The Morgan fingerprint density at radius 2 is 1.91 bits per heavy atom. The summed E-state index contributed by atoms with van der Waals surface area (Å²) < 4.78 is 37.7. The lowest BCUT2D eigenvalue weighted by Gasteiger charge is -2.30. The van der Waals surface area contributed by atoms with Crippen LogP contribution in [0.2, 0.25) is 0 Å². The average molecular weight is 459 g/mol. The fraction of sp³-hybridized carbons (Fsp3) is 0.409. The molecular weight excluding hydrogens is 432 g/mol. The molecule has 170 valence electrons. The molecule has 3 aromatic rings. The van der Waals surface area contributed by atoms with Crippen molar-refractivity contribution in [3.63, 3.8) is 0 Å². The van der Waals surface area contributed by atoms with E-state index < -0.39 is 10.0 Å². The Hall–Kier alpha value is -2.98. The minimum absolute atomic E-state index is 0.0473. The normalized spacial score (nSPS) is 15.2. The second-order valence-corrected chi connectivity index (χ2v) is 9.87. The first kappa shape index (κ1) is 22.2. The van der Waals surface area contributed by atoms with E-state index in [2.05, 4.69) is 15.5 Å². The van der Waals surface area contributed by atoms with Gasteiger partial charge in [-0.3, -0.25) is 4.79 Å². The van der Waals surface area contributed by atoms with E-state index in [1.165, 1.54) is 22.7 Å². The Bertz CT molecular complexity index is 1130. The summed E-state index contributed by atoms with van der Waals surface area (Å²) in [6.07, 6.45) is 7.01. The van der Waals surface area contributed by atoms with Gasteiger partial charge in [0.25, 0.3) is 0 Å². The van der Waals surface area contributed by atoms with Gasteiger partial charge in [0.15, 0.2) is 5.76 Å². The zero-order valence-electron chi connectivity index (χ0n) is 17.9. The average Bonchev–Trinajstić information content (AvgIpc) is 3.50. The number of hydrogen-bond acceptors (Lipinski definition) is 7. The quantitative estimate of drug-likeness (QED) is 0.544. The smallest absolute Gasteiger partial charge is 0.243 e. The highest BCUT2D eigenvalue weighted by atomic mass is 32.2. The number of nitrogens with one attached hydrogen (secondary N) is 1. The molecule has 0 aliphatic heterocycles. The predicted octanol–water partition coefficient (Wildman–Crippen LogP) is 3.85. The molecule has 4 rings (SSSR count). The van der Waals surface area contributed by atoms with E-state index in [0.29, 0.717) is 23.2 Å². The van der Waals surface area contributed by atoms with Crippen LogP contribution in [0.15, 0.2) is 56.5 Å². The predicted molar refractivity (Wildman–Crippen MR) is 117 cm³/mol. The van der Waals surface area contributed by atoms with Gasteiger partial charge in [0, 0.05) is 31.6 Å². The number of rotatable bonds is 8. The van der Waals surface area contributed by atoms with Gasteiger partial charge in [-0.2, -0.15) is 9.29 Å². The topological polar surface area (TPSA) is 119 Å². The molecule has 2 aromatic heterocycles. The number of aromatic nitrogens is 2. The largest absolute Gasteiger partial charge is 0.461 e. The van der Waals surface area contributed by atoms with Crippen LogP contribution in [0.4, 0.5) is 5.69 Å². The summed E-state index contributed by atoms with van der Waals surface area (Å²) in [5.74, 6) is 0.922. The molecule has 0 saturated heterocycles. The molecule has 2 heterocycles. The highest BCUT2D eigenvalue weighted by Gasteiger charge is 2.29. The summed E-state index contributed by atoms with van der Waals surface area (Å²) >= 11 is 0. The van der Waals surface area contributed by atoms with Crippen molar-refractivity contribution in [2.24, 2.45) is 0 Å². The van der Waals surface area contributed by atoms with Crippen molar-refractivity contribution in [1.29, 1.82) is 0 Å². The van der Waals surface area contributed by atoms with Crippen molar-refractivity contribution in [1.82, 2.24) is 14.4 Å². The minimum atomic E-state index is -3.56. The van der Waals surface area contributed by atoms with Gasteiger partial charge in [-0.25, -0.2) is 8.42 Å². The van der Waals surface area contributed by atoms with Crippen molar-refractivity contribution in [3.05, 3.63) is 48.6 Å². The molecule has 1 amide bonds. The number of carbonyl (C=O) groups is 1. The Kier molecular flexibility index (Phi) is 6.71. The molecule has 0 bridgehead atoms. The highest BCUT2D eigenvalue weighted by molar-refractivity contribution is 7.89. The van der Waals surface area contributed by atoms with Crippen LogP contribution in [0.5, 0.6) is 0 Å². The fourth-order valence-corrected chi connectivity index (χ4v) is 5.24. The first-order chi connectivity index (χ1) is 15.4. The number of aryl methyl sites for hydroxylation is 1. The van der Waals surface area contributed by atoms with Crippen molar-refractivity contribution in [2.75, 3.05) is 12.4 Å². The number of furan rings is 1. The summed E-state index contributed by atoms with van der Waals surface area (Å²) in [6.45, 7) is 0. The van der Waals surface area contributed by atoms with E-state index in [1.54, 1.807) is 31.3 Å². The third-order valence-electron chi connectivity index (χ3n) is 5.68. The molecule has 0 unspecified atom stereocenters. The third-order valence-corrected chi connectivity index (χ3v) is 7.60. The zero-order valence-corrected chi connectivity index (χ0v) is 18.7. The monoisotopic (exact) mass is 458 g/mol. The van der Waals surface area contributed by atoms with Crippen LogP contribution in [0.3, 0.4) is 0 Å². The highest BCUT2D eigenvalue weighted by Crippen LogP contribution is 2.27. The SMILES string of the molecule is CN(C1CCCCC1)S(=O)(=O)c1ccc(NC(=O)CCc2nc(-c3ccco3)no2)cc1. The second kappa shape index (κ2) is 9.66. The van der Waals surface area contributed by atoms with E-state index in [4.69, 9.17) is 8.94 Å². The Morgan fingerprint density at radius 1 is 1.16 bits per heavy atom. The summed E-state index contributed by atoms with van der Waals surface area (Å²) in [4.78, 5) is 16.7. The Morgan fingerprint density at radius 3 is 2.59 bits per heavy atom. The minimum Gasteiger partial charge on any atom is -0.461 e. The van der Waals surface area contributed by atoms with Gasteiger partial charge in [-0.1, -0.05) is 24.4 Å². The number of amides is 1. The molecule has 1 aliphatic carbocycles. The lowest BCUT2D eigenvalue weighted by atomic mass is 9.96. The van der Waals surface area contributed by atoms with E-state index in [0.717, 1.165) is 32.1 Å². The van der Waals surface area contributed by atoms with E-state index in [1.807, 2.05) is 0 Å². The van der Waals surface area contributed by atoms with Crippen LogP contribution in [0, 0.1) is 0 Å². The molecule has 1 aliphatic rings. The molecule has 1 fully saturated rings. The molecule has 1 saturated carbocycles. The van der Waals surface area contributed by atoms with E-state index in [9.17, 15) is 13.2 Å². The summed E-state index contributed by atoms with van der Waals surface area (Å²) in [5.41, 5.74) is 0.524. The lowest BCUT2D eigenvalue weighted by Crippen LogP contribution is -2.38. The molecule has 0 atom stereocenters. The van der Waals surface area contributed by atoms with Gasteiger partial charge in [0.05, 0.1) is 11.2 Å². The number of anilines is 1. The molecular formula is C22H26N4O5S. The van der Waals surface area contributed by atoms with Crippen molar-refractivity contribution >= 4 is 21.6 Å². The van der Waals surface area contributed by atoms with Crippen LogP contribution in [-0.2, 0) is 21.2 Å².